The Morgan fingerprint density at radius 2 is 1.94 bits per heavy atom. The number of anilines is 2. The highest BCUT2D eigenvalue weighted by Crippen LogP contribution is 2.14. The van der Waals surface area contributed by atoms with Crippen LogP contribution in [0, 0.1) is 13.8 Å². The summed E-state index contributed by atoms with van der Waals surface area (Å²) in [5, 5.41) is 2.75. The highest BCUT2D eigenvalue weighted by atomic mass is 16.1. The van der Waals surface area contributed by atoms with E-state index >= 15 is 0 Å². The Morgan fingerprint density at radius 3 is 2.61 bits per heavy atom. The van der Waals surface area contributed by atoms with Crippen LogP contribution >= 0.6 is 0 Å². The van der Waals surface area contributed by atoms with Crippen LogP contribution in [0.5, 0.6) is 0 Å². The van der Waals surface area contributed by atoms with Crippen molar-refractivity contribution >= 4 is 17.4 Å². The van der Waals surface area contributed by atoms with Gasteiger partial charge in [0.25, 0.3) is 5.91 Å². The van der Waals surface area contributed by atoms with Crippen LogP contribution in [0.4, 0.5) is 11.5 Å². The predicted molar refractivity (Wildman–Crippen MR) is 72.5 cm³/mol. The van der Waals surface area contributed by atoms with Crippen LogP contribution in [0.15, 0.2) is 36.4 Å². The van der Waals surface area contributed by atoms with E-state index in [4.69, 9.17) is 5.73 Å². The van der Waals surface area contributed by atoms with Crippen LogP contribution in [0.25, 0.3) is 0 Å². The van der Waals surface area contributed by atoms with Crippen molar-refractivity contribution in [1.82, 2.24) is 4.98 Å². The number of hydrogen-bond acceptors (Lipinski definition) is 3. The first-order valence-corrected chi connectivity index (χ1v) is 5.67. The number of hydrogen-bond donors (Lipinski definition) is 2. The third-order valence-corrected chi connectivity index (χ3v) is 2.54. The summed E-state index contributed by atoms with van der Waals surface area (Å²) in [6.45, 7) is 3.85. The van der Waals surface area contributed by atoms with E-state index in [1.54, 1.807) is 24.3 Å². The minimum absolute atomic E-state index is 0.245. The highest BCUT2D eigenvalue weighted by Gasteiger charge is 2.09. The third-order valence-electron chi connectivity index (χ3n) is 2.54. The molecule has 3 N–H and O–H groups in total. The average Bonchev–Trinajstić information content (AvgIpc) is 2.27. The van der Waals surface area contributed by atoms with Gasteiger partial charge in [0, 0.05) is 11.4 Å². The van der Waals surface area contributed by atoms with Crippen molar-refractivity contribution in [2.24, 2.45) is 0 Å². The summed E-state index contributed by atoms with van der Waals surface area (Å²) >= 11 is 0. The van der Waals surface area contributed by atoms with E-state index in [0.29, 0.717) is 17.1 Å². The van der Waals surface area contributed by atoms with Gasteiger partial charge in [-0.05, 0) is 43.7 Å². The van der Waals surface area contributed by atoms with E-state index in [9.17, 15) is 4.79 Å². The zero-order valence-electron chi connectivity index (χ0n) is 10.4. The zero-order valence-corrected chi connectivity index (χ0v) is 10.4. The Hall–Kier alpha value is -2.36. The molecule has 0 aliphatic rings. The molecule has 1 amide bonds. The van der Waals surface area contributed by atoms with Crippen molar-refractivity contribution in [1.29, 1.82) is 0 Å². The van der Waals surface area contributed by atoms with Gasteiger partial charge in [-0.2, -0.15) is 0 Å². The van der Waals surface area contributed by atoms with Gasteiger partial charge in [-0.25, -0.2) is 4.98 Å². The maximum absolute atomic E-state index is 12.0. The van der Waals surface area contributed by atoms with Gasteiger partial charge in [-0.15, -0.1) is 0 Å². The molecule has 0 fully saturated rings. The van der Waals surface area contributed by atoms with E-state index in [1.165, 1.54) is 0 Å². The maximum atomic E-state index is 12.0. The topological polar surface area (TPSA) is 68.0 Å². The summed E-state index contributed by atoms with van der Waals surface area (Å²) in [5.41, 5.74) is 8.59. The number of benzene rings is 1. The Balaban J connectivity index is 2.24. The fourth-order valence-electron chi connectivity index (χ4n) is 1.79. The lowest BCUT2D eigenvalue weighted by atomic mass is 10.1. The normalized spacial score (nSPS) is 10.1. The molecule has 18 heavy (non-hydrogen) atoms. The summed E-state index contributed by atoms with van der Waals surface area (Å²) in [6, 6.07) is 10.7. The molecule has 2 aromatic rings. The van der Waals surface area contributed by atoms with Crippen LogP contribution in [0.2, 0.25) is 0 Å². The van der Waals surface area contributed by atoms with Crippen LogP contribution < -0.4 is 11.1 Å². The number of nitrogens with two attached hydrogens (primary N) is 1. The van der Waals surface area contributed by atoms with Gasteiger partial charge in [-0.1, -0.05) is 12.1 Å². The number of nitrogens with one attached hydrogen (secondary N) is 1. The number of carbonyl (C=O) groups is 1. The lowest BCUT2D eigenvalue weighted by Crippen LogP contribution is -2.15. The highest BCUT2D eigenvalue weighted by molar-refractivity contribution is 6.07. The molecule has 0 saturated carbocycles. The van der Waals surface area contributed by atoms with Crippen molar-refractivity contribution in [3.63, 3.8) is 0 Å². The summed E-state index contributed by atoms with van der Waals surface area (Å²) < 4.78 is 0. The van der Waals surface area contributed by atoms with Crippen LogP contribution in [-0.2, 0) is 0 Å². The smallest absolute Gasteiger partial charge is 0.258 e. The van der Waals surface area contributed by atoms with Crippen LogP contribution in [-0.4, -0.2) is 10.9 Å². The number of amides is 1. The molecule has 0 atom stereocenters. The second-order valence-electron chi connectivity index (χ2n) is 4.21. The number of aromatic nitrogens is 1. The van der Waals surface area contributed by atoms with Gasteiger partial charge < -0.3 is 11.1 Å². The Kier molecular flexibility index (Phi) is 3.28. The lowest BCUT2D eigenvalue weighted by Gasteiger charge is -2.08. The van der Waals surface area contributed by atoms with Gasteiger partial charge in [0.15, 0.2) is 0 Å². The van der Waals surface area contributed by atoms with Crippen molar-refractivity contribution < 1.29 is 4.79 Å². The summed E-state index contributed by atoms with van der Waals surface area (Å²) in [6.07, 6.45) is 0. The second kappa shape index (κ2) is 4.87. The van der Waals surface area contributed by atoms with Crippen LogP contribution in [0.3, 0.4) is 0 Å². The quantitative estimate of drug-likeness (QED) is 0.794. The molecule has 0 bridgehead atoms. The number of para-hydroxylation sites is 1. The van der Waals surface area contributed by atoms with E-state index in [2.05, 4.69) is 10.3 Å². The Bertz CT molecular complexity index is 573. The fourth-order valence-corrected chi connectivity index (χ4v) is 1.79. The molecule has 0 aliphatic carbocycles. The van der Waals surface area contributed by atoms with E-state index in [1.807, 2.05) is 26.0 Å². The van der Waals surface area contributed by atoms with Gasteiger partial charge in [-0.3, -0.25) is 4.79 Å². The number of pyridine rings is 1. The van der Waals surface area contributed by atoms with Crippen molar-refractivity contribution in [3.8, 4) is 0 Å². The first-order chi connectivity index (χ1) is 8.56. The molecule has 92 valence electrons. The Labute approximate surface area is 106 Å². The first kappa shape index (κ1) is 12.1. The predicted octanol–water partition coefficient (Wildman–Crippen LogP) is 2.53. The molecule has 2 rings (SSSR count). The number of aryl methyl sites for hydroxylation is 2. The molecule has 0 radical (unpaired) electrons. The van der Waals surface area contributed by atoms with Gasteiger partial charge in [0.1, 0.15) is 5.82 Å². The van der Waals surface area contributed by atoms with E-state index < -0.39 is 0 Å². The molecule has 1 aromatic carbocycles. The SMILES string of the molecule is Cc1cc(C)nc(NC(=O)c2ccccc2N)c1. The van der Waals surface area contributed by atoms with Gasteiger partial charge in [0.05, 0.1) is 5.56 Å². The van der Waals surface area contributed by atoms with Crippen LogP contribution in [0.1, 0.15) is 21.6 Å². The Morgan fingerprint density at radius 1 is 1.22 bits per heavy atom. The van der Waals surface area contributed by atoms with Crippen molar-refractivity contribution in [2.45, 2.75) is 13.8 Å². The van der Waals surface area contributed by atoms with Crippen molar-refractivity contribution in [3.05, 3.63) is 53.2 Å². The average molecular weight is 241 g/mol. The number of rotatable bonds is 2. The molecule has 0 spiro atoms. The maximum Gasteiger partial charge on any atom is 0.258 e. The summed E-state index contributed by atoms with van der Waals surface area (Å²) in [7, 11) is 0. The largest absolute Gasteiger partial charge is 0.398 e. The minimum atomic E-state index is -0.245. The van der Waals surface area contributed by atoms with Crippen molar-refractivity contribution in [2.75, 3.05) is 11.1 Å². The molecular formula is C14H15N3O. The molecule has 0 saturated heterocycles. The molecule has 1 aromatic heterocycles. The minimum Gasteiger partial charge on any atom is -0.398 e. The summed E-state index contributed by atoms with van der Waals surface area (Å²) in [4.78, 5) is 16.3. The van der Waals surface area contributed by atoms with Gasteiger partial charge >= 0.3 is 0 Å². The monoisotopic (exact) mass is 241 g/mol. The third kappa shape index (κ3) is 2.66. The number of carbonyl (C=O) groups excluding carboxylic acids is 1. The molecule has 1 heterocycles. The van der Waals surface area contributed by atoms with E-state index in [0.717, 1.165) is 11.3 Å². The first-order valence-electron chi connectivity index (χ1n) is 5.67. The molecule has 0 unspecified atom stereocenters. The fraction of sp³-hybridized carbons (Fsp3) is 0.143. The molecular weight excluding hydrogens is 226 g/mol. The van der Waals surface area contributed by atoms with Gasteiger partial charge in [0.2, 0.25) is 0 Å². The summed E-state index contributed by atoms with van der Waals surface area (Å²) in [5.74, 6) is 0.298. The number of nitrogens with zero attached hydrogens (tertiary/aromatic N) is 1. The standard InChI is InChI=1S/C14H15N3O/c1-9-7-10(2)16-13(8-9)17-14(18)11-5-3-4-6-12(11)15/h3-8H,15H2,1-2H3,(H,16,17,18). The number of nitrogen functional groups attached to an aromatic ring is 1. The second-order valence-corrected chi connectivity index (χ2v) is 4.21. The zero-order chi connectivity index (χ0) is 13.1. The molecule has 4 heteroatoms. The van der Waals surface area contributed by atoms with E-state index in [-0.39, 0.29) is 5.91 Å². The lowest BCUT2D eigenvalue weighted by molar-refractivity contribution is 0.102. The molecule has 4 nitrogen and oxygen atoms in total. The molecule has 0 aliphatic heterocycles.